The van der Waals surface area contributed by atoms with Crippen LogP contribution in [0.15, 0.2) is 34.9 Å². The van der Waals surface area contributed by atoms with Gasteiger partial charge in [-0.25, -0.2) is 0 Å². The topological polar surface area (TPSA) is 43.4 Å². The molecule has 0 radical (unpaired) electrons. The van der Waals surface area contributed by atoms with Gasteiger partial charge in [-0.15, -0.1) is 0 Å². The fraction of sp³-hybridized carbons (Fsp3) is 0.636. The number of hydrogen-bond donors (Lipinski definition) is 0. The Kier molecular flexibility index (Phi) is 8.88. The molecule has 0 unspecified atom stereocenters. The molecule has 3 heteroatoms. The third-order valence-electron chi connectivity index (χ3n) is 5.30. The number of aldehydes is 1. The minimum atomic E-state index is -0.318. The Bertz CT molecular complexity index is 550. The Balaban J connectivity index is 2.48. The molecule has 0 heterocycles. The van der Waals surface area contributed by atoms with Crippen molar-refractivity contribution in [3.05, 3.63) is 34.9 Å². The first-order valence-electron chi connectivity index (χ1n) is 9.35. The standard InChI is InChI=1S/C22H34O3/c1-17(8-6-10-20(13-15-23)16-25-19(3)24)11-12-21-18(2)9-7-14-22(21,4)5/h8-9,13,15,21H,6-7,10-12,14,16H2,1-5H3/b17-8+,20-13-/t21-/m0/s1. The van der Waals surface area contributed by atoms with Crippen LogP contribution < -0.4 is 0 Å². The lowest BCUT2D eigenvalue weighted by Crippen LogP contribution is -2.27. The van der Waals surface area contributed by atoms with E-state index in [1.807, 2.05) is 0 Å². The summed E-state index contributed by atoms with van der Waals surface area (Å²) in [5.74, 6) is 0.348. The summed E-state index contributed by atoms with van der Waals surface area (Å²) >= 11 is 0. The van der Waals surface area contributed by atoms with Gasteiger partial charge in [-0.1, -0.05) is 37.1 Å². The summed E-state index contributed by atoms with van der Waals surface area (Å²) in [4.78, 5) is 21.6. The van der Waals surface area contributed by atoms with Gasteiger partial charge in [0.25, 0.3) is 0 Å². The molecule has 25 heavy (non-hydrogen) atoms. The summed E-state index contributed by atoms with van der Waals surface area (Å²) in [6, 6.07) is 0. The Morgan fingerprint density at radius 1 is 1.32 bits per heavy atom. The lowest BCUT2D eigenvalue weighted by atomic mass is 9.67. The monoisotopic (exact) mass is 346 g/mol. The summed E-state index contributed by atoms with van der Waals surface area (Å²) in [5, 5.41) is 0. The van der Waals surface area contributed by atoms with Crippen LogP contribution in [0.25, 0.3) is 0 Å². The third-order valence-corrected chi connectivity index (χ3v) is 5.30. The van der Waals surface area contributed by atoms with E-state index in [1.165, 1.54) is 37.8 Å². The van der Waals surface area contributed by atoms with E-state index in [0.717, 1.165) is 31.1 Å². The lowest BCUT2D eigenvalue weighted by Gasteiger charge is -2.38. The van der Waals surface area contributed by atoms with E-state index >= 15 is 0 Å². The predicted molar refractivity (Wildman–Crippen MR) is 103 cm³/mol. The molecule has 1 aliphatic rings. The molecule has 0 saturated carbocycles. The zero-order valence-electron chi connectivity index (χ0n) is 16.6. The highest BCUT2D eigenvalue weighted by Gasteiger charge is 2.32. The predicted octanol–water partition coefficient (Wildman–Crippen LogP) is 5.56. The summed E-state index contributed by atoms with van der Waals surface area (Å²) in [6.07, 6.45) is 13.3. The Morgan fingerprint density at radius 2 is 2.04 bits per heavy atom. The molecule has 1 rings (SSSR count). The molecule has 0 N–H and O–H groups in total. The highest BCUT2D eigenvalue weighted by Crippen LogP contribution is 2.43. The van der Waals surface area contributed by atoms with Crippen LogP contribution in [-0.4, -0.2) is 18.9 Å². The summed E-state index contributed by atoms with van der Waals surface area (Å²) < 4.78 is 4.98. The molecule has 0 fully saturated rings. The van der Waals surface area contributed by atoms with Crippen LogP contribution in [0.5, 0.6) is 0 Å². The number of carbonyl (C=O) groups excluding carboxylic acids is 2. The smallest absolute Gasteiger partial charge is 0.302 e. The second-order valence-electron chi connectivity index (χ2n) is 7.90. The molecule has 0 aromatic heterocycles. The van der Waals surface area contributed by atoms with Gasteiger partial charge in [0.1, 0.15) is 12.9 Å². The third kappa shape index (κ3) is 7.85. The van der Waals surface area contributed by atoms with Gasteiger partial charge < -0.3 is 4.74 Å². The lowest BCUT2D eigenvalue weighted by molar-refractivity contribution is -0.140. The average Bonchev–Trinajstić information content (AvgIpc) is 2.51. The number of rotatable bonds is 9. The molecular formula is C22H34O3. The van der Waals surface area contributed by atoms with Crippen molar-refractivity contribution < 1.29 is 14.3 Å². The van der Waals surface area contributed by atoms with Crippen molar-refractivity contribution in [1.29, 1.82) is 0 Å². The van der Waals surface area contributed by atoms with Crippen LogP contribution in [0.4, 0.5) is 0 Å². The molecular weight excluding hydrogens is 312 g/mol. The Hall–Kier alpha value is -1.64. The highest BCUT2D eigenvalue weighted by molar-refractivity contribution is 5.68. The number of hydrogen-bond acceptors (Lipinski definition) is 3. The van der Waals surface area contributed by atoms with Crippen molar-refractivity contribution in [2.24, 2.45) is 11.3 Å². The van der Waals surface area contributed by atoms with Crippen LogP contribution >= 0.6 is 0 Å². The number of esters is 1. The van der Waals surface area contributed by atoms with E-state index in [0.29, 0.717) is 11.3 Å². The van der Waals surface area contributed by atoms with Gasteiger partial charge >= 0.3 is 5.97 Å². The first-order valence-corrected chi connectivity index (χ1v) is 9.35. The second-order valence-corrected chi connectivity index (χ2v) is 7.90. The van der Waals surface area contributed by atoms with Gasteiger partial charge in [-0.2, -0.15) is 0 Å². The molecule has 140 valence electrons. The van der Waals surface area contributed by atoms with Crippen molar-refractivity contribution in [1.82, 2.24) is 0 Å². The van der Waals surface area contributed by atoms with Crippen molar-refractivity contribution in [2.45, 2.75) is 73.1 Å². The van der Waals surface area contributed by atoms with Gasteiger partial charge in [-0.05, 0) is 75.4 Å². The van der Waals surface area contributed by atoms with Crippen LogP contribution in [0, 0.1) is 11.3 Å². The van der Waals surface area contributed by atoms with Crippen molar-refractivity contribution in [2.75, 3.05) is 6.61 Å². The Labute approximate surface area is 153 Å². The second kappa shape index (κ2) is 10.4. The number of ether oxygens (including phenoxy) is 1. The van der Waals surface area contributed by atoms with Crippen LogP contribution in [-0.2, 0) is 14.3 Å². The fourth-order valence-corrected chi connectivity index (χ4v) is 3.70. The molecule has 0 spiro atoms. The van der Waals surface area contributed by atoms with Gasteiger partial charge in [-0.3, -0.25) is 9.59 Å². The first-order chi connectivity index (χ1) is 11.8. The minimum absolute atomic E-state index is 0.210. The van der Waals surface area contributed by atoms with Crippen LogP contribution in [0.1, 0.15) is 73.1 Å². The maximum atomic E-state index is 10.9. The summed E-state index contributed by atoms with van der Waals surface area (Å²) in [6.45, 7) is 10.8. The van der Waals surface area contributed by atoms with Crippen LogP contribution in [0.3, 0.4) is 0 Å². The molecule has 0 amide bonds. The van der Waals surface area contributed by atoms with E-state index in [9.17, 15) is 9.59 Å². The van der Waals surface area contributed by atoms with E-state index in [2.05, 4.69) is 39.8 Å². The maximum Gasteiger partial charge on any atom is 0.302 e. The highest BCUT2D eigenvalue weighted by atomic mass is 16.5. The van der Waals surface area contributed by atoms with Crippen molar-refractivity contribution in [3.8, 4) is 0 Å². The number of carbonyl (C=O) groups is 2. The first kappa shape index (κ1) is 21.4. The minimum Gasteiger partial charge on any atom is -0.461 e. The Morgan fingerprint density at radius 3 is 2.64 bits per heavy atom. The maximum absolute atomic E-state index is 10.9. The van der Waals surface area contributed by atoms with Crippen LogP contribution in [0.2, 0.25) is 0 Å². The summed E-state index contributed by atoms with van der Waals surface area (Å²) in [5.41, 5.74) is 4.19. The molecule has 0 aromatic carbocycles. The average molecular weight is 347 g/mol. The van der Waals surface area contributed by atoms with Gasteiger partial charge in [0, 0.05) is 6.92 Å². The largest absolute Gasteiger partial charge is 0.461 e. The van der Waals surface area contributed by atoms with E-state index < -0.39 is 0 Å². The molecule has 1 aliphatic carbocycles. The SMILES string of the molecule is CC(=O)OC/C(=C\C=O)CC/C=C(\C)CC[C@H]1C(C)=CCCC1(C)C. The van der Waals surface area contributed by atoms with E-state index in [4.69, 9.17) is 4.74 Å². The van der Waals surface area contributed by atoms with Gasteiger partial charge in [0.2, 0.25) is 0 Å². The fourth-order valence-electron chi connectivity index (χ4n) is 3.70. The zero-order valence-corrected chi connectivity index (χ0v) is 16.6. The van der Waals surface area contributed by atoms with Crippen molar-refractivity contribution in [3.63, 3.8) is 0 Å². The number of allylic oxidation sites excluding steroid dienone is 5. The molecule has 1 atom stereocenters. The molecule has 0 aliphatic heterocycles. The normalized spacial score (nSPS) is 20.8. The molecule has 0 bridgehead atoms. The van der Waals surface area contributed by atoms with Gasteiger partial charge in [0.05, 0.1) is 0 Å². The van der Waals surface area contributed by atoms with Crippen molar-refractivity contribution >= 4 is 12.3 Å². The molecule has 0 aromatic rings. The van der Waals surface area contributed by atoms with Gasteiger partial charge in [0.15, 0.2) is 0 Å². The van der Waals surface area contributed by atoms with E-state index in [-0.39, 0.29) is 12.6 Å². The molecule has 0 saturated heterocycles. The molecule has 3 nitrogen and oxygen atoms in total. The van der Waals surface area contributed by atoms with E-state index in [1.54, 1.807) is 5.57 Å². The zero-order chi connectivity index (χ0) is 18.9. The summed E-state index contributed by atoms with van der Waals surface area (Å²) in [7, 11) is 0. The quantitative estimate of drug-likeness (QED) is 0.237.